The lowest BCUT2D eigenvalue weighted by Crippen LogP contribution is -2.39. The Labute approximate surface area is 169 Å². The fraction of sp³-hybridized carbons (Fsp3) is 0.500. The molecule has 0 aliphatic carbocycles. The van der Waals surface area contributed by atoms with Gasteiger partial charge in [0.25, 0.3) is 0 Å². The average Bonchev–Trinajstić information content (AvgIpc) is 3.11. The van der Waals surface area contributed by atoms with Crippen molar-refractivity contribution in [1.82, 2.24) is 10.3 Å². The van der Waals surface area contributed by atoms with E-state index in [1.165, 1.54) is 30.2 Å². The van der Waals surface area contributed by atoms with Crippen LogP contribution in [0, 0.1) is 18.7 Å². The van der Waals surface area contributed by atoms with E-state index < -0.39 is 0 Å². The van der Waals surface area contributed by atoms with Crippen LogP contribution in [-0.4, -0.2) is 23.0 Å². The SMILES string of the molecule is Cc1nc(NC(=O)CC2CC3CCC(C2)N3)sc1Cc1ccccc1F.Cl. The van der Waals surface area contributed by atoms with Gasteiger partial charge in [-0.2, -0.15) is 0 Å². The zero-order chi connectivity index (χ0) is 18.1. The molecule has 2 N–H and O–H groups in total. The first-order valence-corrected chi connectivity index (χ1v) is 10.1. The molecule has 0 saturated carbocycles. The van der Waals surface area contributed by atoms with Crippen molar-refractivity contribution < 1.29 is 9.18 Å². The number of hydrogen-bond donors (Lipinski definition) is 2. The molecule has 2 aliphatic rings. The van der Waals surface area contributed by atoms with E-state index in [1.807, 2.05) is 13.0 Å². The topological polar surface area (TPSA) is 54.0 Å². The minimum atomic E-state index is -0.202. The highest BCUT2D eigenvalue weighted by molar-refractivity contribution is 7.15. The number of amides is 1. The maximum Gasteiger partial charge on any atom is 0.226 e. The first kappa shape index (κ1) is 20.2. The molecule has 3 heterocycles. The number of piperidine rings is 1. The van der Waals surface area contributed by atoms with E-state index in [-0.39, 0.29) is 24.1 Å². The number of fused-ring (bicyclic) bond motifs is 2. The maximum atomic E-state index is 13.9. The second kappa shape index (κ2) is 8.67. The summed E-state index contributed by atoms with van der Waals surface area (Å²) in [6, 6.07) is 7.99. The minimum absolute atomic E-state index is 0. The smallest absolute Gasteiger partial charge is 0.226 e. The number of thiazole rings is 1. The average molecular weight is 410 g/mol. The van der Waals surface area contributed by atoms with E-state index >= 15 is 0 Å². The zero-order valence-electron chi connectivity index (χ0n) is 15.3. The van der Waals surface area contributed by atoms with Crippen molar-refractivity contribution in [2.24, 2.45) is 5.92 Å². The third-order valence-electron chi connectivity index (χ3n) is 5.49. The number of carbonyl (C=O) groups excluding carboxylic acids is 1. The molecule has 2 bridgehead atoms. The summed E-state index contributed by atoms with van der Waals surface area (Å²) in [5.74, 6) is 0.307. The van der Waals surface area contributed by atoms with E-state index in [1.54, 1.807) is 12.1 Å². The first-order valence-electron chi connectivity index (χ1n) is 9.32. The molecule has 27 heavy (non-hydrogen) atoms. The standard InChI is InChI=1S/C20H24FN3OS.ClH/c1-12-18(11-14-4-2-3-5-17(14)21)26-20(22-12)24-19(25)10-13-8-15-6-7-16(9-13)23-15;/h2-5,13,15-16,23H,6-11H2,1H3,(H,22,24,25);1H. The molecule has 2 atom stereocenters. The summed E-state index contributed by atoms with van der Waals surface area (Å²) in [4.78, 5) is 17.9. The third kappa shape index (κ3) is 4.86. The van der Waals surface area contributed by atoms with Crippen molar-refractivity contribution >= 4 is 34.8 Å². The molecule has 2 saturated heterocycles. The normalized spacial score (nSPS) is 23.7. The number of anilines is 1. The zero-order valence-corrected chi connectivity index (χ0v) is 17.0. The Morgan fingerprint density at radius 3 is 2.70 bits per heavy atom. The molecule has 1 aromatic heterocycles. The van der Waals surface area contributed by atoms with Gasteiger partial charge in [-0.05, 0) is 50.2 Å². The Morgan fingerprint density at radius 1 is 1.30 bits per heavy atom. The molecule has 2 unspecified atom stereocenters. The largest absolute Gasteiger partial charge is 0.311 e. The van der Waals surface area contributed by atoms with Crippen molar-refractivity contribution in [2.45, 2.75) is 57.5 Å². The van der Waals surface area contributed by atoms with Crippen molar-refractivity contribution in [1.29, 1.82) is 0 Å². The van der Waals surface area contributed by atoms with E-state index in [0.29, 0.717) is 41.5 Å². The highest BCUT2D eigenvalue weighted by atomic mass is 35.5. The van der Waals surface area contributed by atoms with Gasteiger partial charge < -0.3 is 10.6 Å². The van der Waals surface area contributed by atoms with Crippen LogP contribution in [0.2, 0.25) is 0 Å². The van der Waals surface area contributed by atoms with Crippen LogP contribution in [0.5, 0.6) is 0 Å². The number of hydrogen-bond acceptors (Lipinski definition) is 4. The summed E-state index contributed by atoms with van der Waals surface area (Å²) in [7, 11) is 0. The van der Waals surface area contributed by atoms with Crippen LogP contribution in [0.1, 0.15) is 48.2 Å². The Morgan fingerprint density at radius 2 is 2.00 bits per heavy atom. The predicted molar refractivity (Wildman–Crippen MR) is 109 cm³/mol. The van der Waals surface area contributed by atoms with Gasteiger partial charge in [0.15, 0.2) is 5.13 Å². The third-order valence-corrected chi connectivity index (χ3v) is 6.57. The van der Waals surface area contributed by atoms with E-state index in [9.17, 15) is 9.18 Å². The lowest BCUT2D eigenvalue weighted by molar-refractivity contribution is -0.117. The van der Waals surface area contributed by atoms with Crippen molar-refractivity contribution in [3.05, 3.63) is 46.2 Å². The monoisotopic (exact) mass is 409 g/mol. The molecule has 2 aromatic rings. The van der Waals surface area contributed by atoms with Gasteiger partial charge in [-0.25, -0.2) is 9.37 Å². The molecule has 1 aromatic carbocycles. The number of nitrogens with zero attached hydrogens (tertiary/aromatic N) is 1. The molecule has 7 heteroatoms. The first-order chi connectivity index (χ1) is 12.6. The van der Waals surface area contributed by atoms with E-state index in [4.69, 9.17) is 0 Å². The summed E-state index contributed by atoms with van der Waals surface area (Å²) in [5, 5.41) is 7.19. The highest BCUT2D eigenvalue weighted by Crippen LogP contribution is 2.33. The molecular weight excluding hydrogens is 385 g/mol. The maximum absolute atomic E-state index is 13.9. The second-order valence-electron chi connectivity index (χ2n) is 7.52. The molecule has 2 fully saturated rings. The number of halogens is 2. The minimum Gasteiger partial charge on any atom is -0.311 e. The number of aryl methyl sites for hydroxylation is 1. The molecular formula is C20H25ClFN3OS. The van der Waals surface area contributed by atoms with Gasteiger partial charge >= 0.3 is 0 Å². The molecule has 1 amide bonds. The van der Waals surface area contributed by atoms with Crippen LogP contribution in [0.25, 0.3) is 0 Å². The molecule has 4 nitrogen and oxygen atoms in total. The molecule has 0 spiro atoms. The Balaban J connectivity index is 0.00000210. The lowest BCUT2D eigenvalue weighted by Gasteiger charge is -2.28. The van der Waals surface area contributed by atoms with Crippen LogP contribution in [0.4, 0.5) is 9.52 Å². The fourth-order valence-electron chi connectivity index (χ4n) is 4.23. The summed E-state index contributed by atoms with van der Waals surface area (Å²) in [6.45, 7) is 1.91. The van der Waals surface area contributed by atoms with E-state index in [2.05, 4.69) is 15.6 Å². The summed E-state index contributed by atoms with van der Waals surface area (Å²) in [6.07, 6.45) is 5.75. The summed E-state index contributed by atoms with van der Waals surface area (Å²) >= 11 is 1.44. The van der Waals surface area contributed by atoms with Crippen LogP contribution in [0.15, 0.2) is 24.3 Å². The number of benzene rings is 1. The van der Waals surface area contributed by atoms with Crippen LogP contribution >= 0.6 is 23.7 Å². The number of aromatic nitrogens is 1. The molecule has 146 valence electrons. The lowest BCUT2D eigenvalue weighted by atomic mass is 9.89. The quantitative estimate of drug-likeness (QED) is 0.766. The van der Waals surface area contributed by atoms with Gasteiger partial charge in [-0.1, -0.05) is 18.2 Å². The summed E-state index contributed by atoms with van der Waals surface area (Å²) in [5.41, 5.74) is 1.51. The number of carbonyl (C=O) groups is 1. The number of rotatable bonds is 5. The van der Waals surface area contributed by atoms with Crippen LogP contribution < -0.4 is 10.6 Å². The van der Waals surface area contributed by atoms with Gasteiger partial charge in [0.05, 0.1) is 5.69 Å². The molecule has 0 radical (unpaired) electrons. The van der Waals surface area contributed by atoms with Gasteiger partial charge in [0, 0.05) is 29.8 Å². The number of nitrogens with one attached hydrogen (secondary N) is 2. The molecule has 2 aliphatic heterocycles. The van der Waals surface area contributed by atoms with Gasteiger partial charge in [-0.15, -0.1) is 23.7 Å². The van der Waals surface area contributed by atoms with Crippen molar-refractivity contribution in [2.75, 3.05) is 5.32 Å². The van der Waals surface area contributed by atoms with Gasteiger partial charge in [0.2, 0.25) is 5.91 Å². The summed E-state index contributed by atoms with van der Waals surface area (Å²) < 4.78 is 13.9. The van der Waals surface area contributed by atoms with Crippen molar-refractivity contribution in [3.63, 3.8) is 0 Å². The Kier molecular flexibility index (Phi) is 6.50. The van der Waals surface area contributed by atoms with Gasteiger partial charge in [-0.3, -0.25) is 4.79 Å². The molecule has 4 rings (SSSR count). The van der Waals surface area contributed by atoms with Crippen LogP contribution in [-0.2, 0) is 11.2 Å². The van der Waals surface area contributed by atoms with Crippen molar-refractivity contribution in [3.8, 4) is 0 Å². The fourth-order valence-corrected chi connectivity index (χ4v) is 5.24. The predicted octanol–water partition coefficient (Wildman–Crippen LogP) is 4.46. The Hall–Kier alpha value is -1.50. The van der Waals surface area contributed by atoms with Gasteiger partial charge in [0.1, 0.15) is 5.82 Å². The Bertz CT molecular complexity index is 800. The second-order valence-corrected chi connectivity index (χ2v) is 8.61. The van der Waals surface area contributed by atoms with Crippen LogP contribution in [0.3, 0.4) is 0 Å². The highest BCUT2D eigenvalue weighted by Gasteiger charge is 2.34. The van der Waals surface area contributed by atoms with E-state index in [0.717, 1.165) is 23.4 Å².